The maximum atomic E-state index is 5.34. The van der Waals surface area contributed by atoms with Crippen LogP contribution < -0.4 is 0 Å². The Morgan fingerprint density at radius 3 is 1.93 bits per heavy atom. The van der Waals surface area contributed by atoms with E-state index < -0.39 is 0 Å². The highest BCUT2D eigenvalue weighted by molar-refractivity contribution is 6.13. The van der Waals surface area contributed by atoms with Crippen LogP contribution in [-0.4, -0.2) is 15.0 Å². The predicted octanol–water partition coefficient (Wildman–Crippen LogP) is 13.4. The van der Waals surface area contributed by atoms with Crippen molar-refractivity contribution in [2.24, 2.45) is 5.92 Å². The van der Waals surface area contributed by atoms with Gasteiger partial charge < -0.3 is 0 Å². The fourth-order valence-corrected chi connectivity index (χ4v) is 8.68. The highest BCUT2D eigenvalue weighted by Crippen LogP contribution is 2.46. The van der Waals surface area contributed by atoms with Gasteiger partial charge in [-0.05, 0) is 85.3 Å². The molecule has 2 aliphatic carbocycles. The number of hydrogen-bond donors (Lipinski definition) is 0. The summed E-state index contributed by atoms with van der Waals surface area (Å²) < 4.78 is 0. The fourth-order valence-electron chi connectivity index (χ4n) is 8.68. The van der Waals surface area contributed by atoms with Gasteiger partial charge in [0.05, 0.1) is 16.9 Å². The standard InChI is InChI=1S/C53H35N3/c1-4-14-42-38(11-1)30-48(46-18-8-6-16-44(42)46)35-23-25-36(26-24-35)51-32-52(49-31-39-12-2-5-15-43(39)45-17-7-9-19-47(45)49)56-53(55-51)37-27-21-34(22-28-37)41-29-40-13-3-10-20-50(40)54-33-41/h1-33,45,47H. The topological polar surface area (TPSA) is 38.7 Å². The van der Waals surface area contributed by atoms with Gasteiger partial charge in [0.2, 0.25) is 0 Å². The molecule has 0 radical (unpaired) electrons. The Hall–Kier alpha value is -7.23. The fraction of sp³-hybridized carbons (Fsp3) is 0.0377. The van der Waals surface area contributed by atoms with Gasteiger partial charge in [-0.1, -0.05) is 164 Å². The molecule has 11 rings (SSSR count). The Kier molecular flexibility index (Phi) is 7.63. The van der Waals surface area contributed by atoms with Crippen LogP contribution in [0.1, 0.15) is 22.7 Å². The van der Waals surface area contributed by atoms with E-state index in [1.807, 2.05) is 18.3 Å². The largest absolute Gasteiger partial charge is 0.256 e. The number of aromatic nitrogens is 3. The zero-order valence-corrected chi connectivity index (χ0v) is 30.5. The minimum Gasteiger partial charge on any atom is -0.256 e. The highest BCUT2D eigenvalue weighted by atomic mass is 14.9. The number of fused-ring (bicyclic) bond motifs is 7. The second kappa shape index (κ2) is 13.3. The quantitative estimate of drug-likeness (QED) is 0.167. The normalized spacial score (nSPS) is 15.8. The first kappa shape index (κ1) is 32.2. The van der Waals surface area contributed by atoms with E-state index in [1.165, 1.54) is 49.4 Å². The monoisotopic (exact) mass is 713 g/mol. The molecule has 7 aromatic carbocycles. The van der Waals surface area contributed by atoms with Gasteiger partial charge in [-0.3, -0.25) is 4.98 Å². The number of pyridine rings is 1. The number of rotatable bonds is 5. The lowest BCUT2D eigenvalue weighted by Gasteiger charge is -2.32. The average molecular weight is 714 g/mol. The van der Waals surface area contributed by atoms with Crippen LogP contribution in [0.25, 0.3) is 89.0 Å². The molecule has 0 amide bonds. The van der Waals surface area contributed by atoms with Gasteiger partial charge in [-0.2, -0.15) is 0 Å². The van der Waals surface area contributed by atoms with Gasteiger partial charge in [0.15, 0.2) is 5.82 Å². The maximum Gasteiger partial charge on any atom is 0.160 e. The molecule has 3 nitrogen and oxygen atoms in total. The molecule has 2 heterocycles. The van der Waals surface area contributed by atoms with Crippen LogP contribution >= 0.6 is 0 Å². The molecule has 2 unspecified atom stereocenters. The van der Waals surface area contributed by atoms with E-state index in [-0.39, 0.29) is 11.8 Å². The van der Waals surface area contributed by atoms with Gasteiger partial charge in [0.1, 0.15) is 0 Å². The minimum absolute atomic E-state index is 0.178. The highest BCUT2D eigenvalue weighted by Gasteiger charge is 2.31. The van der Waals surface area contributed by atoms with E-state index in [9.17, 15) is 0 Å². The molecule has 0 bridgehead atoms. The summed E-state index contributed by atoms with van der Waals surface area (Å²) in [7, 11) is 0. The second-order valence-corrected chi connectivity index (χ2v) is 14.8. The summed E-state index contributed by atoms with van der Waals surface area (Å²) in [5.41, 5.74) is 13.3. The van der Waals surface area contributed by atoms with Gasteiger partial charge in [-0.15, -0.1) is 0 Å². The summed E-state index contributed by atoms with van der Waals surface area (Å²) in [6.07, 6.45) is 13.3. The Morgan fingerprint density at radius 1 is 0.429 bits per heavy atom. The predicted molar refractivity (Wildman–Crippen MR) is 233 cm³/mol. The summed E-state index contributed by atoms with van der Waals surface area (Å²) in [6, 6.07) is 58.5. The maximum absolute atomic E-state index is 5.34. The number of para-hydroxylation sites is 1. The first-order valence-electron chi connectivity index (χ1n) is 19.3. The number of hydrogen-bond acceptors (Lipinski definition) is 3. The summed E-state index contributed by atoms with van der Waals surface area (Å²) >= 11 is 0. The average Bonchev–Trinajstić information content (AvgIpc) is 3.28. The lowest BCUT2D eigenvalue weighted by molar-refractivity contribution is 0.706. The van der Waals surface area contributed by atoms with E-state index in [0.29, 0.717) is 5.82 Å². The van der Waals surface area contributed by atoms with Crippen molar-refractivity contribution in [2.45, 2.75) is 5.92 Å². The van der Waals surface area contributed by atoms with E-state index in [0.717, 1.165) is 44.5 Å². The molecule has 262 valence electrons. The lowest BCUT2D eigenvalue weighted by atomic mass is 9.72. The van der Waals surface area contributed by atoms with Crippen molar-refractivity contribution in [3.8, 4) is 44.9 Å². The van der Waals surface area contributed by atoms with Gasteiger partial charge in [-0.25, -0.2) is 9.97 Å². The van der Waals surface area contributed by atoms with E-state index in [2.05, 4.69) is 182 Å². The molecule has 0 spiro atoms. The van der Waals surface area contributed by atoms with Crippen LogP contribution in [0.3, 0.4) is 0 Å². The molecule has 3 heteroatoms. The molecule has 0 saturated heterocycles. The molecule has 0 saturated carbocycles. The van der Waals surface area contributed by atoms with Crippen molar-refractivity contribution in [3.05, 3.63) is 211 Å². The Morgan fingerprint density at radius 2 is 1.07 bits per heavy atom. The molecule has 0 N–H and O–H groups in total. The molecule has 2 atom stereocenters. The van der Waals surface area contributed by atoms with Gasteiger partial charge in [0.25, 0.3) is 0 Å². The number of nitrogens with zero attached hydrogens (tertiary/aromatic N) is 3. The second-order valence-electron chi connectivity index (χ2n) is 14.8. The summed E-state index contributed by atoms with van der Waals surface area (Å²) in [5, 5.41) is 6.16. The zero-order chi connectivity index (χ0) is 37.0. The van der Waals surface area contributed by atoms with Crippen LogP contribution in [0.5, 0.6) is 0 Å². The van der Waals surface area contributed by atoms with Crippen molar-refractivity contribution in [1.29, 1.82) is 0 Å². The Labute approximate surface area is 325 Å². The number of allylic oxidation sites excluding steroid dienone is 5. The van der Waals surface area contributed by atoms with Gasteiger partial charge in [0, 0.05) is 40.1 Å². The van der Waals surface area contributed by atoms with Crippen molar-refractivity contribution in [1.82, 2.24) is 15.0 Å². The SMILES string of the molecule is C1=CC2C(c3cc(-c4ccc(-c5cc6ccccc6c6ccccc56)cc4)nc(-c4ccc(-c5cnc6ccccc6c5)cc4)n3)=Cc3ccccc3C2C=C1. The molecule has 56 heavy (non-hydrogen) atoms. The third kappa shape index (κ3) is 5.56. The Bertz CT molecular complexity index is 3080. The van der Waals surface area contributed by atoms with Crippen LogP contribution in [-0.2, 0) is 0 Å². The van der Waals surface area contributed by atoms with Crippen LogP contribution in [0.15, 0.2) is 194 Å². The van der Waals surface area contributed by atoms with Crippen molar-refractivity contribution >= 4 is 44.1 Å². The molecule has 9 aromatic rings. The minimum atomic E-state index is 0.178. The van der Waals surface area contributed by atoms with Crippen LogP contribution in [0.2, 0.25) is 0 Å². The zero-order valence-electron chi connectivity index (χ0n) is 30.5. The summed E-state index contributed by atoms with van der Waals surface area (Å²) in [4.78, 5) is 15.3. The first-order valence-corrected chi connectivity index (χ1v) is 19.3. The van der Waals surface area contributed by atoms with Crippen molar-refractivity contribution < 1.29 is 0 Å². The molecule has 2 aliphatic rings. The molecule has 2 aromatic heterocycles. The molecule has 0 aliphatic heterocycles. The summed E-state index contributed by atoms with van der Waals surface area (Å²) in [5.74, 6) is 1.14. The smallest absolute Gasteiger partial charge is 0.160 e. The molecular weight excluding hydrogens is 679 g/mol. The van der Waals surface area contributed by atoms with Crippen LogP contribution in [0, 0.1) is 5.92 Å². The molecule has 0 fully saturated rings. The lowest BCUT2D eigenvalue weighted by Crippen LogP contribution is -2.18. The Balaban J connectivity index is 1.03. The van der Waals surface area contributed by atoms with E-state index >= 15 is 0 Å². The van der Waals surface area contributed by atoms with Crippen LogP contribution in [0.4, 0.5) is 0 Å². The van der Waals surface area contributed by atoms with Crippen molar-refractivity contribution in [3.63, 3.8) is 0 Å². The van der Waals surface area contributed by atoms with Gasteiger partial charge >= 0.3 is 0 Å². The number of benzene rings is 7. The summed E-state index contributed by atoms with van der Waals surface area (Å²) in [6.45, 7) is 0. The molecular formula is C53H35N3. The van der Waals surface area contributed by atoms with Crippen molar-refractivity contribution in [2.75, 3.05) is 0 Å². The first-order chi connectivity index (χ1) is 27.7. The third-order valence-electron chi connectivity index (χ3n) is 11.5. The van der Waals surface area contributed by atoms with E-state index in [4.69, 9.17) is 15.0 Å². The van der Waals surface area contributed by atoms with E-state index in [1.54, 1.807) is 0 Å². The third-order valence-corrected chi connectivity index (χ3v) is 11.5.